The van der Waals surface area contributed by atoms with E-state index in [0.717, 1.165) is 0 Å². The lowest BCUT2D eigenvalue weighted by Crippen LogP contribution is -1.99. The molecule has 0 spiro atoms. The lowest BCUT2D eigenvalue weighted by molar-refractivity contribution is 0.484. The van der Waals surface area contributed by atoms with Crippen LogP contribution in [-0.2, 0) is 10.1 Å². The molecule has 78 valence electrons. The highest BCUT2D eigenvalue weighted by Crippen LogP contribution is 2.26. The summed E-state index contributed by atoms with van der Waals surface area (Å²) in [5.74, 6) is 0. The molecule has 2 rings (SSSR count). The fraction of sp³-hybridized carbons (Fsp3) is 0. The van der Waals surface area contributed by atoms with Gasteiger partial charge >= 0.3 is 0 Å². The number of nitrogen functional groups attached to an aromatic ring is 1. The summed E-state index contributed by atoms with van der Waals surface area (Å²) in [4.78, 5) is -1.05. The fourth-order valence-electron chi connectivity index (χ4n) is 1.13. The second-order valence-electron chi connectivity index (χ2n) is 2.72. The normalized spacial score (nSPS) is 17.4. The predicted octanol–water partition coefficient (Wildman–Crippen LogP) is 1.67. The predicted molar refractivity (Wildman–Crippen MR) is 58.2 cm³/mol. The van der Waals surface area contributed by atoms with E-state index in [-0.39, 0.29) is 0 Å². The van der Waals surface area contributed by atoms with Crippen molar-refractivity contribution in [1.29, 1.82) is 0 Å². The van der Waals surface area contributed by atoms with Crippen molar-refractivity contribution in [3.8, 4) is 0 Å². The Kier molecular flexibility index (Phi) is 1.06. The number of hydrogen-bond donors (Lipinski definition) is 2. The van der Waals surface area contributed by atoms with Gasteiger partial charge in [0.25, 0.3) is 10.1 Å². The van der Waals surface area contributed by atoms with Gasteiger partial charge in [0, 0.05) is 16.5 Å². The van der Waals surface area contributed by atoms with Crippen molar-refractivity contribution < 1.29 is 21.2 Å². The SMILES string of the molecule is [2H]c1c([2H])c(S(=O)(=O)O)c2c([2H])c([2H])c([2H])c(N)c2c1[2H]. The number of benzene rings is 2. The summed E-state index contributed by atoms with van der Waals surface area (Å²) in [7, 11) is -4.98. The molecule has 0 heterocycles. The van der Waals surface area contributed by atoms with Gasteiger partial charge in [0.15, 0.2) is 0 Å². The first-order valence-corrected chi connectivity index (χ1v) is 5.20. The zero-order valence-corrected chi connectivity index (χ0v) is 8.07. The van der Waals surface area contributed by atoms with Gasteiger partial charge in [0.1, 0.15) is 4.90 Å². The maximum Gasteiger partial charge on any atom is 0.295 e. The molecule has 0 radical (unpaired) electrons. The molecule has 0 aromatic heterocycles. The van der Waals surface area contributed by atoms with Crippen molar-refractivity contribution in [2.45, 2.75) is 4.90 Å². The molecule has 0 amide bonds. The number of hydrogen-bond acceptors (Lipinski definition) is 3. The maximum atomic E-state index is 11.4. The first-order chi connectivity index (χ1) is 9.50. The first kappa shape index (κ1) is 4.96. The molecule has 0 saturated carbocycles. The maximum absolute atomic E-state index is 11.4. The molecule has 0 fully saturated rings. The number of anilines is 1. The van der Waals surface area contributed by atoms with E-state index in [1.807, 2.05) is 0 Å². The molecule has 4 nitrogen and oxygen atoms in total. The van der Waals surface area contributed by atoms with Crippen molar-refractivity contribution in [3.05, 3.63) is 36.3 Å². The molecule has 0 aliphatic rings. The minimum atomic E-state index is -4.98. The van der Waals surface area contributed by atoms with Crippen molar-refractivity contribution >= 4 is 26.6 Å². The molecule has 0 saturated heterocycles. The molecule has 0 bridgehead atoms. The van der Waals surface area contributed by atoms with Gasteiger partial charge in [-0.05, 0) is 12.1 Å². The molecule has 5 heteroatoms. The lowest BCUT2D eigenvalue weighted by Gasteiger charge is -2.05. The molecule has 0 aliphatic carbocycles. The molecule has 0 aliphatic heterocycles. The fourth-order valence-corrected chi connectivity index (χ4v) is 1.72. The average molecular weight is 229 g/mol. The minimum absolute atomic E-state index is 0.408. The molecule has 0 atom stereocenters. The van der Waals surface area contributed by atoms with E-state index in [4.69, 9.17) is 14.0 Å². The highest BCUT2D eigenvalue weighted by Gasteiger charge is 2.13. The third kappa shape index (κ3) is 1.67. The van der Waals surface area contributed by atoms with Crippen molar-refractivity contribution in [2.75, 3.05) is 5.73 Å². The Morgan fingerprint density at radius 3 is 2.40 bits per heavy atom. The summed E-state index contributed by atoms with van der Waals surface area (Å²) in [5, 5.41) is -1.00. The lowest BCUT2D eigenvalue weighted by atomic mass is 10.1. The van der Waals surface area contributed by atoms with Crippen LogP contribution in [0.4, 0.5) is 5.69 Å². The standard InChI is InChI=1S/C10H9NO3S/c11-9-5-1-4-8-7(9)3-2-6-10(8)15(12,13)14/h1-6H,11H2,(H,12,13,14)/i1D,2D,3D,4D,5D,6D. The second kappa shape index (κ2) is 3.22. The van der Waals surface area contributed by atoms with Gasteiger partial charge in [-0.25, -0.2) is 0 Å². The summed E-state index contributed by atoms with van der Waals surface area (Å²) in [6.07, 6.45) is 0. The Hall–Kier alpha value is -1.59. The summed E-state index contributed by atoms with van der Waals surface area (Å²) in [5.41, 5.74) is 5.14. The Balaban J connectivity index is 3.35. The van der Waals surface area contributed by atoms with Crippen LogP contribution in [0.3, 0.4) is 0 Å². The Bertz CT molecular complexity index is 888. The zero-order chi connectivity index (χ0) is 16.3. The molecular weight excluding hydrogens is 214 g/mol. The number of nitrogens with two attached hydrogens (primary N) is 1. The van der Waals surface area contributed by atoms with Gasteiger partial charge in [-0.2, -0.15) is 8.42 Å². The molecular formula is C10H9NO3S. The van der Waals surface area contributed by atoms with E-state index >= 15 is 0 Å². The van der Waals surface area contributed by atoms with Gasteiger partial charge in [-0.15, -0.1) is 0 Å². The second-order valence-corrected chi connectivity index (χ2v) is 4.08. The minimum Gasteiger partial charge on any atom is -0.398 e. The highest BCUT2D eigenvalue weighted by atomic mass is 32.2. The molecule has 15 heavy (non-hydrogen) atoms. The Morgan fingerprint density at radius 1 is 1.13 bits per heavy atom. The molecule has 2 aromatic carbocycles. The largest absolute Gasteiger partial charge is 0.398 e. The summed E-state index contributed by atoms with van der Waals surface area (Å²) >= 11 is 0. The zero-order valence-electron chi connectivity index (χ0n) is 13.2. The third-order valence-electron chi connectivity index (χ3n) is 1.75. The number of fused-ring (bicyclic) bond motifs is 1. The van der Waals surface area contributed by atoms with Crippen molar-refractivity contribution in [1.82, 2.24) is 0 Å². The van der Waals surface area contributed by atoms with Gasteiger partial charge in [-0.1, -0.05) is 24.2 Å². The van der Waals surface area contributed by atoms with E-state index in [9.17, 15) is 13.0 Å². The highest BCUT2D eigenvalue weighted by molar-refractivity contribution is 7.86. The number of rotatable bonds is 1. The third-order valence-corrected chi connectivity index (χ3v) is 2.57. The van der Waals surface area contributed by atoms with Crippen LogP contribution >= 0.6 is 0 Å². The topological polar surface area (TPSA) is 80.4 Å². The van der Waals surface area contributed by atoms with Gasteiger partial charge in [0.2, 0.25) is 0 Å². The van der Waals surface area contributed by atoms with E-state index in [0.29, 0.717) is 0 Å². The van der Waals surface area contributed by atoms with Crippen LogP contribution in [0.5, 0.6) is 0 Å². The van der Waals surface area contributed by atoms with Crippen LogP contribution < -0.4 is 5.73 Å². The van der Waals surface area contributed by atoms with Crippen LogP contribution in [0.25, 0.3) is 10.8 Å². The summed E-state index contributed by atoms with van der Waals surface area (Å²) in [6, 6.07) is -4.43. The van der Waals surface area contributed by atoms with Gasteiger partial charge in [-0.3, -0.25) is 4.55 Å². The molecule has 2 aromatic rings. The van der Waals surface area contributed by atoms with E-state index in [1.54, 1.807) is 0 Å². The van der Waals surface area contributed by atoms with E-state index in [1.165, 1.54) is 0 Å². The van der Waals surface area contributed by atoms with Gasteiger partial charge in [0.05, 0.1) is 8.22 Å². The van der Waals surface area contributed by atoms with Crippen molar-refractivity contribution in [2.24, 2.45) is 0 Å². The van der Waals surface area contributed by atoms with E-state index in [2.05, 4.69) is 0 Å². The average Bonchev–Trinajstić information content (AvgIpc) is 2.38. The summed E-state index contributed by atoms with van der Waals surface area (Å²) < 4.78 is 77.9. The monoisotopic (exact) mass is 229 g/mol. The quantitative estimate of drug-likeness (QED) is 0.575. The van der Waals surface area contributed by atoms with Crippen LogP contribution in [-0.4, -0.2) is 13.0 Å². The van der Waals surface area contributed by atoms with Crippen LogP contribution in [0, 0.1) is 0 Å². The molecule has 3 N–H and O–H groups in total. The van der Waals surface area contributed by atoms with Gasteiger partial charge < -0.3 is 5.73 Å². The first-order valence-electron chi connectivity index (χ1n) is 6.76. The van der Waals surface area contributed by atoms with E-state index < -0.39 is 67.7 Å². The van der Waals surface area contributed by atoms with Crippen molar-refractivity contribution in [3.63, 3.8) is 0 Å². The summed E-state index contributed by atoms with van der Waals surface area (Å²) in [6.45, 7) is 0. The van der Waals surface area contributed by atoms with Crippen LogP contribution in [0.15, 0.2) is 41.1 Å². The Labute approximate surface area is 95.5 Å². The Morgan fingerprint density at radius 2 is 1.73 bits per heavy atom. The van der Waals surface area contributed by atoms with Crippen LogP contribution in [0.2, 0.25) is 0 Å². The van der Waals surface area contributed by atoms with Crippen LogP contribution in [0.1, 0.15) is 8.22 Å². The smallest absolute Gasteiger partial charge is 0.295 e. The molecule has 0 unspecified atom stereocenters.